The highest BCUT2D eigenvalue weighted by Gasteiger charge is 2.23. The number of halogens is 2. The smallest absolute Gasteiger partial charge is 0.0642 e. The minimum atomic E-state index is -0.250. The molecule has 5 heteroatoms. The SMILES string of the molecule is COCC(C)(CCO)NCc1ccc(Br)cc1Cl. The van der Waals surface area contributed by atoms with Gasteiger partial charge in [0, 0.05) is 35.3 Å². The van der Waals surface area contributed by atoms with Gasteiger partial charge in [0.05, 0.1) is 6.61 Å². The van der Waals surface area contributed by atoms with Gasteiger partial charge in [-0.1, -0.05) is 33.6 Å². The maximum absolute atomic E-state index is 9.09. The van der Waals surface area contributed by atoms with Crippen LogP contribution in [0.1, 0.15) is 18.9 Å². The van der Waals surface area contributed by atoms with Gasteiger partial charge in [0.15, 0.2) is 0 Å². The summed E-state index contributed by atoms with van der Waals surface area (Å²) < 4.78 is 6.15. The third-order valence-electron chi connectivity index (χ3n) is 2.85. The molecule has 1 rings (SSSR count). The second kappa shape index (κ2) is 7.46. The molecule has 0 saturated carbocycles. The maximum atomic E-state index is 9.09. The Hall–Kier alpha value is -0.130. The van der Waals surface area contributed by atoms with Crippen molar-refractivity contribution in [1.29, 1.82) is 0 Å². The van der Waals surface area contributed by atoms with Gasteiger partial charge in [-0.25, -0.2) is 0 Å². The molecule has 0 aliphatic rings. The van der Waals surface area contributed by atoms with Crippen LogP contribution in [0.5, 0.6) is 0 Å². The summed E-state index contributed by atoms with van der Waals surface area (Å²) in [7, 11) is 1.66. The Morgan fingerprint density at radius 2 is 2.22 bits per heavy atom. The normalized spacial score (nSPS) is 14.5. The van der Waals surface area contributed by atoms with Crippen molar-refractivity contribution in [3.05, 3.63) is 33.3 Å². The quantitative estimate of drug-likeness (QED) is 0.804. The van der Waals surface area contributed by atoms with E-state index in [1.165, 1.54) is 0 Å². The highest BCUT2D eigenvalue weighted by Crippen LogP contribution is 2.22. The number of benzene rings is 1. The average molecular weight is 337 g/mol. The summed E-state index contributed by atoms with van der Waals surface area (Å²) in [6.45, 7) is 3.34. The van der Waals surface area contributed by atoms with Gasteiger partial charge in [-0.15, -0.1) is 0 Å². The molecule has 0 fully saturated rings. The Bertz CT molecular complexity index is 381. The predicted molar refractivity (Wildman–Crippen MR) is 78.0 cm³/mol. The van der Waals surface area contributed by atoms with Crippen molar-refractivity contribution < 1.29 is 9.84 Å². The maximum Gasteiger partial charge on any atom is 0.0642 e. The van der Waals surface area contributed by atoms with Crippen LogP contribution in [0.4, 0.5) is 0 Å². The van der Waals surface area contributed by atoms with Crippen LogP contribution in [0, 0.1) is 0 Å². The van der Waals surface area contributed by atoms with Gasteiger partial charge < -0.3 is 15.2 Å². The van der Waals surface area contributed by atoms with Crippen molar-refractivity contribution in [3.8, 4) is 0 Å². The lowest BCUT2D eigenvalue weighted by Crippen LogP contribution is -2.46. The summed E-state index contributed by atoms with van der Waals surface area (Å²) in [6.07, 6.45) is 0.634. The van der Waals surface area contributed by atoms with Gasteiger partial charge >= 0.3 is 0 Å². The number of aliphatic hydroxyl groups is 1. The van der Waals surface area contributed by atoms with E-state index in [0.717, 1.165) is 15.1 Å². The molecule has 1 aromatic carbocycles. The average Bonchev–Trinajstić information content (AvgIpc) is 2.28. The van der Waals surface area contributed by atoms with Gasteiger partial charge in [-0.2, -0.15) is 0 Å². The molecule has 0 aromatic heterocycles. The number of hydrogen-bond donors (Lipinski definition) is 2. The first kappa shape index (κ1) is 15.9. The van der Waals surface area contributed by atoms with Crippen LogP contribution in [0.15, 0.2) is 22.7 Å². The van der Waals surface area contributed by atoms with Crippen LogP contribution >= 0.6 is 27.5 Å². The zero-order chi connectivity index (χ0) is 13.6. The lowest BCUT2D eigenvalue weighted by molar-refractivity contribution is 0.0970. The minimum absolute atomic E-state index is 0.126. The number of rotatable bonds is 7. The standard InChI is InChI=1S/C13H19BrClNO2/c1-13(5-6-17,9-18-2)16-8-10-3-4-11(14)7-12(10)15/h3-4,7,16-17H,5-6,8-9H2,1-2H3. The van der Waals surface area contributed by atoms with Crippen molar-refractivity contribution in [2.45, 2.75) is 25.4 Å². The molecule has 1 atom stereocenters. The van der Waals surface area contributed by atoms with Crippen LogP contribution in [0.25, 0.3) is 0 Å². The van der Waals surface area contributed by atoms with Crippen LogP contribution in [-0.2, 0) is 11.3 Å². The molecule has 18 heavy (non-hydrogen) atoms. The molecule has 1 unspecified atom stereocenters. The van der Waals surface area contributed by atoms with Crippen molar-refractivity contribution in [1.82, 2.24) is 5.32 Å². The van der Waals surface area contributed by atoms with Gasteiger partial charge in [-0.3, -0.25) is 0 Å². The topological polar surface area (TPSA) is 41.5 Å². The number of methoxy groups -OCH3 is 1. The Morgan fingerprint density at radius 1 is 1.50 bits per heavy atom. The largest absolute Gasteiger partial charge is 0.396 e. The second-order valence-electron chi connectivity index (χ2n) is 4.56. The molecular formula is C13H19BrClNO2. The molecule has 102 valence electrons. The van der Waals surface area contributed by atoms with Crippen molar-refractivity contribution >= 4 is 27.5 Å². The van der Waals surface area contributed by atoms with Gasteiger partial charge in [0.2, 0.25) is 0 Å². The molecule has 0 heterocycles. The summed E-state index contributed by atoms with van der Waals surface area (Å²) >= 11 is 9.54. The van der Waals surface area contributed by atoms with E-state index >= 15 is 0 Å². The zero-order valence-corrected chi connectivity index (χ0v) is 13.0. The Kier molecular flexibility index (Phi) is 6.60. The van der Waals surface area contributed by atoms with E-state index in [2.05, 4.69) is 21.2 Å². The van der Waals surface area contributed by atoms with E-state index in [-0.39, 0.29) is 12.1 Å². The fourth-order valence-corrected chi connectivity index (χ4v) is 2.49. The predicted octanol–water partition coefficient (Wildman–Crippen LogP) is 2.98. The van der Waals surface area contributed by atoms with Crippen molar-refractivity contribution in [2.75, 3.05) is 20.3 Å². The van der Waals surface area contributed by atoms with Crippen LogP contribution in [0.2, 0.25) is 5.02 Å². The number of aliphatic hydroxyl groups excluding tert-OH is 1. The molecule has 0 bridgehead atoms. The zero-order valence-electron chi connectivity index (χ0n) is 10.7. The molecule has 2 N–H and O–H groups in total. The lowest BCUT2D eigenvalue weighted by atomic mass is 9.99. The van der Waals surface area contributed by atoms with E-state index in [1.54, 1.807) is 7.11 Å². The third-order valence-corrected chi connectivity index (χ3v) is 3.69. The summed E-state index contributed by atoms with van der Waals surface area (Å²) in [5.74, 6) is 0. The third kappa shape index (κ3) is 4.86. The highest BCUT2D eigenvalue weighted by atomic mass is 79.9. The number of hydrogen-bond acceptors (Lipinski definition) is 3. The number of nitrogens with one attached hydrogen (secondary N) is 1. The first-order valence-corrected chi connectivity index (χ1v) is 6.96. The Balaban J connectivity index is 2.66. The molecule has 0 saturated heterocycles. The van der Waals surface area contributed by atoms with E-state index in [1.807, 2.05) is 25.1 Å². The molecule has 3 nitrogen and oxygen atoms in total. The van der Waals surface area contributed by atoms with E-state index in [0.29, 0.717) is 19.6 Å². The van der Waals surface area contributed by atoms with Crippen LogP contribution in [-0.4, -0.2) is 31.0 Å². The Labute approximate surface area is 122 Å². The monoisotopic (exact) mass is 335 g/mol. The molecule has 0 radical (unpaired) electrons. The second-order valence-corrected chi connectivity index (χ2v) is 5.88. The summed E-state index contributed by atoms with van der Waals surface area (Å²) in [4.78, 5) is 0. The highest BCUT2D eigenvalue weighted by molar-refractivity contribution is 9.10. The van der Waals surface area contributed by atoms with Crippen LogP contribution < -0.4 is 5.32 Å². The van der Waals surface area contributed by atoms with E-state index in [9.17, 15) is 0 Å². The lowest BCUT2D eigenvalue weighted by Gasteiger charge is -2.30. The Morgan fingerprint density at radius 3 is 2.78 bits per heavy atom. The van der Waals surface area contributed by atoms with E-state index < -0.39 is 0 Å². The van der Waals surface area contributed by atoms with Crippen LogP contribution in [0.3, 0.4) is 0 Å². The summed E-state index contributed by atoms with van der Waals surface area (Å²) in [5, 5.41) is 13.2. The first-order valence-electron chi connectivity index (χ1n) is 5.79. The fraction of sp³-hybridized carbons (Fsp3) is 0.538. The molecular weight excluding hydrogens is 318 g/mol. The first-order chi connectivity index (χ1) is 8.50. The summed E-state index contributed by atoms with van der Waals surface area (Å²) in [5.41, 5.74) is 0.778. The molecule has 0 aliphatic heterocycles. The van der Waals surface area contributed by atoms with E-state index in [4.69, 9.17) is 21.4 Å². The molecule has 0 amide bonds. The molecule has 0 aliphatic carbocycles. The van der Waals surface area contributed by atoms with Gasteiger partial charge in [-0.05, 0) is 31.0 Å². The fourth-order valence-electron chi connectivity index (χ4n) is 1.75. The summed E-state index contributed by atoms with van der Waals surface area (Å²) in [6, 6.07) is 5.81. The minimum Gasteiger partial charge on any atom is -0.396 e. The van der Waals surface area contributed by atoms with Gasteiger partial charge in [0.1, 0.15) is 0 Å². The van der Waals surface area contributed by atoms with Gasteiger partial charge in [0.25, 0.3) is 0 Å². The number of ether oxygens (including phenoxy) is 1. The molecule has 1 aromatic rings. The van der Waals surface area contributed by atoms with Crippen molar-refractivity contribution in [2.24, 2.45) is 0 Å². The molecule has 0 spiro atoms. The van der Waals surface area contributed by atoms with Crippen molar-refractivity contribution in [3.63, 3.8) is 0 Å².